The molecule has 0 saturated carbocycles. The Labute approximate surface area is 83.9 Å². The van der Waals surface area contributed by atoms with Gasteiger partial charge >= 0.3 is 0 Å². The summed E-state index contributed by atoms with van der Waals surface area (Å²) in [5.41, 5.74) is 0. The van der Waals surface area contributed by atoms with Crippen molar-refractivity contribution in [2.75, 3.05) is 5.32 Å². The molecule has 0 fully saturated rings. The number of nitrogens with one attached hydrogen (secondary N) is 2. The molecular weight excluding hydrogens is 206 g/mol. The molecule has 2 aromatic rings. The maximum absolute atomic E-state index is 5.57. The SMILES string of the molecule is Clc1ccc(NCc2nn[nH]n2)nn1. The van der Waals surface area contributed by atoms with Crippen LogP contribution in [0.1, 0.15) is 5.82 Å². The van der Waals surface area contributed by atoms with Gasteiger partial charge in [-0.15, -0.1) is 20.4 Å². The Balaban J connectivity index is 1.95. The standard InChI is InChI=1S/C6H6ClN7/c7-4-1-2-5(10-9-4)8-3-6-11-13-14-12-6/h1-2H,3H2,(H,8,10)(H,11,12,13,14). The Morgan fingerprint density at radius 3 is 2.86 bits per heavy atom. The summed E-state index contributed by atoms with van der Waals surface area (Å²) < 4.78 is 0. The molecular formula is C6H6ClN7. The van der Waals surface area contributed by atoms with Crippen LogP contribution in [-0.2, 0) is 6.54 Å². The van der Waals surface area contributed by atoms with Crippen LogP contribution in [0.4, 0.5) is 5.82 Å². The largest absolute Gasteiger partial charge is 0.361 e. The van der Waals surface area contributed by atoms with Gasteiger partial charge in [-0.3, -0.25) is 0 Å². The van der Waals surface area contributed by atoms with Gasteiger partial charge in [0, 0.05) is 0 Å². The van der Waals surface area contributed by atoms with Gasteiger partial charge in [0.05, 0.1) is 6.54 Å². The predicted molar refractivity (Wildman–Crippen MR) is 48.5 cm³/mol. The molecule has 7 nitrogen and oxygen atoms in total. The van der Waals surface area contributed by atoms with Gasteiger partial charge < -0.3 is 5.32 Å². The first-order chi connectivity index (χ1) is 6.84. The molecule has 0 aliphatic rings. The van der Waals surface area contributed by atoms with Crippen molar-refractivity contribution in [3.05, 3.63) is 23.1 Å². The fraction of sp³-hybridized carbons (Fsp3) is 0.167. The second-order valence-electron chi connectivity index (χ2n) is 2.42. The van der Waals surface area contributed by atoms with Crippen molar-refractivity contribution in [2.24, 2.45) is 0 Å². The van der Waals surface area contributed by atoms with Crippen LogP contribution in [0.2, 0.25) is 5.15 Å². The minimum atomic E-state index is 0.357. The highest BCUT2D eigenvalue weighted by atomic mass is 35.5. The number of halogens is 1. The summed E-state index contributed by atoms with van der Waals surface area (Å²) in [4.78, 5) is 0. The fourth-order valence-electron chi connectivity index (χ4n) is 0.837. The van der Waals surface area contributed by atoms with E-state index >= 15 is 0 Å². The minimum absolute atomic E-state index is 0.357. The first-order valence-corrected chi connectivity index (χ1v) is 4.18. The molecule has 14 heavy (non-hydrogen) atoms. The summed E-state index contributed by atoms with van der Waals surface area (Å²) >= 11 is 5.57. The number of tetrazole rings is 1. The molecule has 8 heteroatoms. The maximum Gasteiger partial charge on any atom is 0.193 e. The van der Waals surface area contributed by atoms with Crippen LogP contribution < -0.4 is 5.32 Å². The molecule has 2 aromatic heterocycles. The summed E-state index contributed by atoms with van der Waals surface area (Å²) in [6.45, 7) is 0.437. The first-order valence-electron chi connectivity index (χ1n) is 3.80. The molecule has 0 bridgehead atoms. The van der Waals surface area contributed by atoms with E-state index in [4.69, 9.17) is 11.6 Å². The van der Waals surface area contributed by atoms with E-state index in [-0.39, 0.29) is 0 Å². The summed E-state index contributed by atoms with van der Waals surface area (Å²) in [5.74, 6) is 1.17. The van der Waals surface area contributed by atoms with Crippen molar-refractivity contribution in [1.82, 2.24) is 30.8 Å². The second kappa shape index (κ2) is 3.97. The summed E-state index contributed by atoms with van der Waals surface area (Å²) in [5, 5.41) is 24.1. The van der Waals surface area contributed by atoms with E-state index in [0.717, 1.165) is 0 Å². The highest BCUT2D eigenvalue weighted by Gasteiger charge is 1.99. The molecule has 0 aliphatic carbocycles. The highest BCUT2D eigenvalue weighted by molar-refractivity contribution is 6.29. The Morgan fingerprint density at radius 2 is 2.21 bits per heavy atom. The molecule has 0 aromatic carbocycles. The summed E-state index contributed by atoms with van der Waals surface area (Å²) in [6.07, 6.45) is 0. The lowest BCUT2D eigenvalue weighted by atomic mass is 10.5. The molecule has 0 saturated heterocycles. The van der Waals surface area contributed by atoms with Crippen molar-refractivity contribution < 1.29 is 0 Å². The monoisotopic (exact) mass is 211 g/mol. The molecule has 2 rings (SSSR count). The van der Waals surface area contributed by atoms with E-state index in [2.05, 4.69) is 36.1 Å². The molecule has 2 N–H and O–H groups in total. The van der Waals surface area contributed by atoms with Crippen molar-refractivity contribution in [1.29, 1.82) is 0 Å². The lowest BCUT2D eigenvalue weighted by Gasteiger charge is -1.99. The van der Waals surface area contributed by atoms with Crippen molar-refractivity contribution in [3.8, 4) is 0 Å². The van der Waals surface area contributed by atoms with E-state index in [9.17, 15) is 0 Å². The molecule has 0 atom stereocenters. The third kappa shape index (κ3) is 2.13. The quantitative estimate of drug-likeness (QED) is 0.757. The molecule has 0 amide bonds. The third-order valence-electron chi connectivity index (χ3n) is 1.45. The van der Waals surface area contributed by atoms with Gasteiger partial charge in [-0.25, -0.2) is 0 Å². The van der Waals surface area contributed by atoms with Crippen LogP contribution in [0.3, 0.4) is 0 Å². The molecule has 0 radical (unpaired) electrons. The first kappa shape index (κ1) is 8.82. The second-order valence-corrected chi connectivity index (χ2v) is 2.81. The van der Waals surface area contributed by atoms with E-state index in [1.807, 2.05) is 0 Å². The number of anilines is 1. The fourth-order valence-corrected chi connectivity index (χ4v) is 0.938. The normalized spacial score (nSPS) is 10.1. The molecule has 0 spiro atoms. The van der Waals surface area contributed by atoms with Crippen LogP contribution in [-0.4, -0.2) is 30.8 Å². The Hall–Kier alpha value is -1.76. The zero-order valence-electron chi connectivity index (χ0n) is 6.98. The minimum Gasteiger partial charge on any atom is -0.361 e. The number of rotatable bonds is 3. The molecule has 0 aliphatic heterocycles. The Morgan fingerprint density at radius 1 is 1.29 bits per heavy atom. The van der Waals surface area contributed by atoms with E-state index < -0.39 is 0 Å². The van der Waals surface area contributed by atoms with Gasteiger partial charge in [0.2, 0.25) is 0 Å². The number of hydrogen-bond acceptors (Lipinski definition) is 6. The zero-order valence-corrected chi connectivity index (χ0v) is 7.73. The van der Waals surface area contributed by atoms with Gasteiger partial charge in [0.15, 0.2) is 11.0 Å². The average molecular weight is 212 g/mol. The topological polar surface area (TPSA) is 92.3 Å². The number of nitrogens with zero attached hydrogens (tertiary/aromatic N) is 5. The summed E-state index contributed by atoms with van der Waals surface area (Å²) in [7, 11) is 0. The predicted octanol–water partition coefficient (Wildman–Crippen LogP) is 0.255. The molecule has 72 valence electrons. The van der Waals surface area contributed by atoms with Gasteiger partial charge in [0.25, 0.3) is 0 Å². The number of hydrogen-bond donors (Lipinski definition) is 2. The van der Waals surface area contributed by atoms with E-state index in [1.165, 1.54) is 0 Å². The van der Waals surface area contributed by atoms with Crippen LogP contribution in [0, 0.1) is 0 Å². The van der Waals surface area contributed by atoms with Crippen molar-refractivity contribution in [2.45, 2.75) is 6.54 Å². The lowest BCUT2D eigenvalue weighted by molar-refractivity contribution is 0.881. The van der Waals surface area contributed by atoms with E-state index in [1.54, 1.807) is 12.1 Å². The number of aromatic amines is 1. The molecule has 2 heterocycles. The third-order valence-corrected chi connectivity index (χ3v) is 1.65. The molecule has 0 unspecified atom stereocenters. The van der Waals surface area contributed by atoms with Gasteiger partial charge in [-0.2, -0.15) is 5.21 Å². The van der Waals surface area contributed by atoms with E-state index in [0.29, 0.717) is 23.3 Å². The number of aromatic nitrogens is 6. The Kier molecular flexibility index (Phi) is 2.50. The average Bonchev–Trinajstić information content (AvgIpc) is 2.70. The number of H-pyrrole nitrogens is 1. The van der Waals surface area contributed by atoms with Crippen molar-refractivity contribution >= 4 is 17.4 Å². The van der Waals surface area contributed by atoms with Gasteiger partial charge in [-0.1, -0.05) is 16.8 Å². The van der Waals surface area contributed by atoms with Crippen LogP contribution in [0.25, 0.3) is 0 Å². The highest BCUT2D eigenvalue weighted by Crippen LogP contribution is 2.06. The zero-order chi connectivity index (χ0) is 9.80. The van der Waals surface area contributed by atoms with Crippen LogP contribution in [0.5, 0.6) is 0 Å². The lowest BCUT2D eigenvalue weighted by Crippen LogP contribution is -2.03. The van der Waals surface area contributed by atoms with Gasteiger partial charge in [0.1, 0.15) is 5.82 Å². The van der Waals surface area contributed by atoms with Gasteiger partial charge in [-0.05, 0) is 12.1 Å². The smallest absolute Gasteiger partial charge is 0.193 e. The Bertz CT molecular complexity index is 383. The van der Waals surface area contributed by atoms with Crippen LogP contribution >= 0.6 is 11.6 Å². The van der Waals surface area contributed by atoms with Crippen LogP contribution in [0.15, 0.2) is 12.1 Å². The van der Waals surface area contributed by atoms with Crippen molar-refractivity contribution in [3.63, 3.8) is 0 Å². The maximum atomic E-state index is 5.57. The summed E-state index contributed by atoms with van der Waals surface area (Å²) in [6, 6.07) is 3.36.